The molecule has 0 amide bonds. The number of hydrogen-bond acceptors (Lipinski definition) is 4. The zero-order valence-electron chi connectivity index (χ0n) is 11.3. The van der Waals surface area contributed by atoms with Gasteiger partial charge in [-0.1, -0.05) is 11.2 Å². The van der Waals surface area contributed by atoms with Crippen LogP contribution in [0, 0.1) is 0 Å². The molecule has 5 heteroatoms. The maximum Gasteiger partial charge on any atom is 0.174 e. The molecule has 2 heterocycles. The Labute approximate surface area is 130 Å². The molecule has 4 rings (SSSR count). The fourth-order valence-corrected chi connectivity index (χ4v) is 2.75. The Morgan fingerprint density at radius 2 is 2.19 bits per heavy atom. The summed E-state index contributed by atoms with van der Waals surface area (Å²) in [6, 6.07) is 9.86. The van der Waals surface area contributed by atoms with Crippen LogP contribution in [0.3, 0.4) is 0 Å². The fraction of sp³-hybridized carbons (Fsp3) is 0.250. The minimum Gasteiger partial charge on any atom is -0.484 e. The molecule has 1 aliphatic carbocycles. The van der Waals surface area contributed by atoms with E-state index in [2.05, 4.69) is 26.1 Å². The normalized spacial score (nSPS) is 14.5. The van der Waals surface area contributed by atoms with Crippen molar-refractivity contribution in [2.75, 3.05) is 0 Å². The number of ether oxygens (including phenoxy) is 1. The molecule has 1 aromatic carbocycles. The molecule has 0 radical (unpaired) electrons. The van der Waals surface area contributed by atoms with Gasteiger partial charge in [-0.2, -0.15) is 0 Å². The lowest BCUT2D eigenvalue weighted by Crippen LogP contribution is -1.95. The first-order chi connectivity index (χ1) is 10.3. The van der Waals surface area contributed by atoms with Gasteiger partial charge in [0.15, 0.2) is 5.76 Å². The van der Waals surface area contributed by atoms with E-state index in [1.54, 1.807) is 6.20 Å². The van der Waals surface area contributed by atoms with Crippen LogP contribution in [0.5, 0.6) is 5.75 Å². The number of hydrogen-bond donors (Lipinski definition) is 0. The first-order valence-corrected chi connectivity index (χ1v) is 7.71. The molecule has 1 saturated carbocycles. The van der Waals surface area contributed by atoms with Gasteiger partial charge in [-0.15, -0.1) is 0 Å². The second kappa shape index (κ2) is 5.15. The number of benzene rings is 1. The van der Waals surface area contributed by atoms with Crippen LogP contribution < -0.4 is 4.74 Å². The maximum atomic E-state index is 5.84. The Kier molecular flexibility index (Phi) is 3.15. The highest BCUT2D eigenvalue weighted by atomic mass is 79.9. The quantitative estimate of drug-likeness (QED) is 0.701. The molecule has 106 valence electrons. The van der Waals surface area contributed by atoms with Crippen LogP contribution in [0.4, 0.5) is 0 Å². The van der Waals surface area contributed by atoms with E-state index >= 15 is 0 Å². The molecule has 2 aromatic heterocycles. The van der Waals surface area contributed by atoms with Gasteiger partial charge in [-0.3, -0.25) is 4.98 Å². The highest BCUT2D eigenvalue weighted by Crippen LogP contribution is 2.39. The molecule has 0 spiro atoms. The van der Waals surface area contributed by atoms with Crippen LogP contribution in [0.1, 0.15) is 30.2 Å². The number of aromatic nitrogens is 2. The third kappa shape index (κ3) is 2.65. The van der Waals surface area contributed by atoms with Crippen LogP contribution in [0.25, 0.3) is 10.9 Å². The Balaban J connectivity index is 1.54. The molecule has 3 aromatic rings. The Hall–Kier alpha value is -1.88. The van der Waals surface area contributed by atoms with Gasteiger partial charge in [-0.05, 0) is 47.0 Å². The van der Waals surface area contributed by atoms with Crippen molar-refractivity contribution in [1.82, 2.24) is 10.1 Å². The Morgan fingerprint density at radius 3 is 3.05 bits per heavy atom. The lowest BCUT2D eigenvalue weighted by atomic mass is 10.2. The van der Waals surface area contributed by atoms with Gasteiger partial charge in [0.2, 0.25) is 0 Å². The lowest BCUT2D eigenvalue weighted by molar-refractivity contribution is 0.247. The Bertz CT molecular complexity index is 796. The summed E-state index contributed by atoms with van der Waals surface area (Å²) in [7, 11) is 0. The van der Waals surface area contributed by atoms with E-state index in [1.807, 2.05) is 30.3 Å². The predicted molar refractivity (Wildman–Crippen MR) is 82.3 cm³/mol. The molecule has 0 N–H and O–H groups in total. The van der Waals surface area contributed by atoms with Gasteiger partial charge < -0.3 is 9.26 Å². The number of fused-ring (bicyclic) bond motifs is 1. The predicted octanol–water partition coefficient (Wildman–Crippen LogP) is 4.44. The van der Waals surface area contributed by atoms with Crippen molar-refractivity contribution in [3.05, 3.63) is 52.5 Å². The monoisotopic (exact) mass is 344 g/mol. The second-order valence-electron chi connectivity index (χ2n) is 5.26. The first-order valence-electron chi connectivity index (χ1n) is 6.92. The molecule has 0 saturated heterocycles. The molecule has 21 heavy (non-hydrogen) atoms. The third-order valence-corrected chi connectivity index (χ3v) is 4.22. The van der Waals surface area contributed by atoms with Crippen LogP contribution >= 0.6 is 15.9 Å². The van der Waals surface area contributed by atoms with Gasteiger partial charge >= 0.3 is 0 Å². The highest BCUT2D eigenvalue weighted by Gasteiger charge is 2.27. The fourth-order valence-electron chi connectivity index (χ4n) is 2.30. The van der Waals surface area contributed by atoms with E-state index < -0.39 is 0 Å². The second-order valence-corrected chi connectivity index (χ2v) is 6.11. The number of pyridine rings is 1. The molecular weight excluding hydrogens is 332 g/mol. The molecule has 0 aliphatic heterocycles. The molecule has 0 atom stereocenters. The van der Waals surface area contributed by atoms with E-state index in [0.717, 1.165) is 32.6 Å². The molecule has 1 fully saturated rings. The summed E-state index contributed by atoms with van der Waals surface area (Å²) in [5.41, 5.74) is 1.99. The first kappa shape index (κ1) is 12.8. The lowest BCUT2D eigenvalue weighted by Gasteiger charge is -2.07. The summed E-state index contributed by atoms with van der Waals surface area (Å²) in [4.78, 5) is 4.32. The van der Waals surface area contributed by atoms with Crippen molar-refractivity contribution in [2.24, 2.45) is 0 Å². The minimum absolute atomic E-state index is 0.379. The zero-order valence-corrected chi connectivity index (χ0v) is 12.8. The van der Waals surface area contributed by atoms with Crippen molar-refractivity contribution in [3.63, 3.8) is 0 Å². The average Bonchev–Trinajstić information content (AvgIpc) is 3.24. The summed E-state index contributed by atoms with van der Waals surface area (Å²) < 4.78 is 12.0. The summed E-state index contributed by atoms with van der Waals surface area (Å²) >= 11 is 3.52. The van der Waals surface area contributed by atoms with Gasteiger partial charge in [0.25, 0.3) is 0 Å². The molecule has 0 bridgehead atoms. The van der Waals surface area contributed by atoms with E-state index in [-0.39, 0.29) is 0 Å². The summed E-state index contributed by atoms with van der Waals surface area (Å²) in [5.74, 6) is 2.14. The average molecular weight is 345 g/mol. The van der Waals surface area contributed by atoms with Crippen molar-refractivity contribution in [1.29, 1.82) is 0 Å². The Morgan fingerprint density at radius 1 is 1.29 bits per heavy atom. The van der Waals surface area contributed by atoms with E-state index in [0.29, 0.717) is 12.5 Å². The van der Waals surface area contributed by atoms with E-state index in [9.17, 15) is 0 Å². The van der Waals surface area contributed by atoms with Crippen molar-refractivity contribution in [3.8, 4) is 5.75 Å². The maximum absolute atomic E-state index is 5.84. The molecule has 4 nitrogen and oxygen atoms in total. The SMILES string of the molecule is Brc1cc2ncccc2cc1OCc1cc(C2CC2)no1. The van der Waals surface area contributed by atoms with Gasteiger partial charge in [0.1, 0.15) is 12.4 Å². The summed E-state index contributed by atoms with van der Waals surface area (Å²) in [6.07, 6.45) is 4.22. The standard InChI is InChI=1S/C16H13BrN2O2/c17-13-8-14-11(2-1-5-18-14)6-16(13)20-9-12-7-15(19-21-12)10-3-4-10/h1-2,5-8,10H,3-4,9H2. The van der Waals surface area contributed by atoms with Crippen molar-refractivity contribution in [2.45, 2.75) is 25.4 Å². The van der Waals surface area contributed by atoms with Gasteiger partial charge in [0, 0.05) is 23.6 Å². The van der Waals surface area contributed by atoms with Crippen LogP contribution in [-0.2, 0) is 6.61 Å². The molecule has 0 unspecified atom stereocenters. The molecular formula is C16H13BrN2O2. The topological polar surface area (TPSA) is 48.2 Å². The van der Waals surface area contributed by atoms with Crippen LogP contribution in [0.15, 0.2) is 45.5 Å². The van der Waals surface area contributed by atoms with Crippen LogP contribution in [-0.4, -0.2) is 10.1 Å². The van der Waals surface area contributed by atoms with Crippen molar-refractivity contribution < 1.29 is 9.26 Å². The van der Waals surface area contributed by atoms with Crippen molar-refractivity contribution >= 4 is 26.8 Å². The third-order valence-electron chi connectivity index (χ3n) is 3.60. The number of halogens is 1. The minimum atomic E-state index is 0.379. The molecule has 1 aliphatic rings. The highest BCUT2D eigenvalue weighted by molar-refractivity contribution is 9.10. The van der Waals surface area contributed by atoms with E-state index in [4.69, 9.17) is 9.26 Å². The summed E-state index contributed by atoms with van der Waals surface area (Å²) in [5, 5.41) is 5.13. The largest absolute Gasteiger partial charge is 0.484 e. The summed E-state index contributed by atoms with van der Waals surface area (Å²) in [6.45, 7) is 0.379. The van der Waals surface area contributed by atoms with Crippen LogP contribution in [0.2, 0.25) is 0 Å². The number of nitrogens with zero attached hydrogens (tertiary/aromatic N) is 2. The smallest absolute Gasteiger partial charge is 0.174 e. The number of rotatable bonds is 4. The zero-order chi connectivity index (χ0) is 14.2. The van der Waals surface area contributed by atoms with Gasteiger partial charge in [0.05, 0.1) is 15.7 Å². The van der Waals surface area contributed by atoms with Gasteiger partial charge in [-0.25, -0.2) is 0 Å². The van der Waals surface area contributed by atoms with E-state index in [1.165, 1.54) is 12.8 Å².